The van der Waals surface area contributed by atoms with Crippen LogP contribution in [0.3, 0.4) is 0 Å². The molecule has 10 aromatic carbocycles. The maximum absolute atomic E-state index is 14.5. The van der Waals surface area contributed by atoms with Gasteiger partial charge in [-0.25, -0.2) is 0 Å². The van der Waals surface area contributed by atoms with E-state index in [1.165, 1.54) is 60.3 Å². The van der Waals surface area contributed by atoms with Gasteiger partial charge in [0.15, 0.2) is 11.6 Å². The van der Waals surface area contributed by atoms with Crippen LogP contribution in [-0.4, -0.2) is 74.7 Å². The molecule has 1 aliphatic carbocycles. The lowest BCUT2D eigenvalue weighted by molar-refractivity contribution is -0.0295. The van der Waals surface area contributed by atoms with Crippen molar-refractivity contribution in [2.75, 3.05) is 0 Å². The summed E-state index contributed by atoms with van der Waals surface area (Å²) in [4.78, 5) is 28.0. The quantitative estimate of drug-likeness (QED) is 0.0250. The minimum absolute atomic E-state index is 0.150. The molecule has 0 aliphatic heterocycles. The van der Waals surface area contributed by atoms with Crippen molar-refractivity contribution in [1.29, 1.82) is 0 Å². The molecule has 0 fully saturated rings. The average molecular weight is 1540 g/mol. The normalized spacial score (nSPS) is 13.8. The maximum Gasteiger partial charge on any atom is 0.298 e. The van der Waals surface area contributed by atoms with Crippen molar-refractivity contribution in [3.05, 3.63) is 274 Å². The highest BCUT2D eigenvalue weighted by molar-refractivity contribution is 7.99. The standard InChI is InChI=1S/C84H84O18S5/c1-11-49-81(10,12-2)70-45-25-54(50-74(70)104(87,88)89)78(85)56-27-47-72(76(52-56)106(93,94)95)99-60-33-29-58(30-34-60)84(68-23-19-17-21-66(68)67-22-18-20-24-69(67)84)59-31-35-63(36-32-59)102-83(15-5,16-6)82(13-3,14-4)71-46-26-55(51-75(71)105(90,91)92)79(86)57-28-48-73(77(53-57)107(96,97)98)100-61-37-41-64(42-38-61)103-65-43-39-62(40-44-65)101-80(7,8)9/h17-48,50-53H,11-16,49H2,1-10H3,(H,87,88,89)(H,90,91,92)(H,93,94,95)(H,96,97,98). The largest absolute Gasteiger partial charge is 0.488 e. The van der Waals surface area contributed by atoms with Crippen molar-refractivity contribution in [2.45, 2.75) is 171 Å². The van der Waals surface area contributed by atoms with E-state index in [9.17, 15) is 61.5 Å². The minimum Gasteiger partial charge on any atom is -0.488 e. The first-order chi connectivity index (χ1) is 50.5. The van der Waals surface area contributed by atoms with Gasteiger partial charge in [0.2, 0.25) is 0 Å². The predicted molar refractivity (Wildman–Crippen MR) is 412 cm³/mol. The molecule has 107 heavy (non-hydrogen) atoms. The Balaban J connectivity index is 0.883. The van der Waals surface area contributed by atoms with Crippen molar-refractivity contribution in [3.63, 3.8) is 0 Å². The van der Waals surface area contributed by atoms with Crippen molar-refractivity contribution < 1.29 is 80.4 Å². The van der Waals surface area contributed by atoms with Crippen molar-refractivity contribution in [1.82, 2.24) is 0 Å². The molecule has 0 spiro atoms. The topological polar surface area (TPSA) is 289 Å². The van der Waals surface area contributed by atoms with Gasteiger partial charge in [0.1, 0.15) is 55.5 Å². The molecule has 0 bridgehead atoms. The number of rotatable bonds is 29. The Morgan fingerprint density at radius 3 is 1.13 bits per heavy atom. The van der Waals surface area contributed by atoms with E-state index in [4.69, 9.17) is 18.9 Å². The second kappa shape index (κ2) is 30.4. The SMILES string of the molecule is CCCC(C)(CC)c1ccc(C(=O)c2ccc(Oc3ccc(C4(c5ccc(OC(CC)(CC)C(CC)(CC)c6ccc(C(=O)c7ccc(Oc8ccc(Sc9ccc(OC(C)(C)C)cc9)cc8)c(S(=O)(=O)O)c7)cc6S(=O)(=O)O)cc5)c5ccccc5-c5ccccc54)cc3)c(S(=O)(=O)O)c2)cc1S(=O)(=O)O. The second-order valence-corrected chi connectivity index (χ2v) is 34.6. The molecule has 18 nitrogen and oxygen atoms in total. The molecule has 0 heterocycles. The summed E-state index contributed by atoms with van der Waals surface area (Å²) >= 11 is 1.48. The van der Waals surface area contributed by atoms with E-state index in [0.717, 1.165) is 73.2 Å². The molecular weight excluding hydrogens is 1460 g/mol. The van der Waals surface area contributed by atoms with Crippen molar-refractivity contribution in [2.24, 2.45) is 0 Å². The summed E-state index contributed by atoms with van der Waals surface area (Å²) in [5.41, 5.74) is 0.720. The Bertz CT molecular complexity index is 5470. The van der Waals surface area contributed by atoms with Crippen LogP contribution >= 0.6 is 11.8 Å². The van der Waals surface area contributed by atoms with Gasteiger partial charge in [-0.05, 0) is 231 Å². The first-order valence-corrected chi connectivity index (χ1v) is 41.7. The zero-order valence-corrected chi connectivity index (χ0v) is 64.9. The first-order valence-electron chi connectivity index (χ1n) is 35.1. The molecule has 1 unspecified atom stereocenters. The fourth-order valence-electron chi connectivity index (χ4n) is 15.3. The predicted octanol–water partition coefficient (Wildman–Crippen LogP) is 19.6. The van der Waals surface area contributed by atoms with Gasteiger partial charge >= 0.3 is 0 Å². The number of hydrogen-bond acceptors (Lipinski definition) is 15. The van der Waals surface area contributed by atoms with Crippen LogP contribution in [0.1, 0.15) is 179 Å². The Labute approximate surface area is 630 Å². The Hall–Kier alpha value is -9.27. The van der Waals surface area contributed by atoms with Gasteiger partial charge in [0, 0.05) is 37.5 Å². The number of hydrogen-bond donors (Lipinski definition) is 4. The molecule has 11 rings (SSSR count). The second-order valence-electron chi connectivity index (χ2n) is 27.9. The summed E-state index contributed by atoms with van der Waals surface area (Å²) < 4.78 is 174. The lowest BCUT2D eigenvalue weighted by Crippen LogP contribution is -2.55. The van der Waals surface area contributed by atoms with Crippen LogP contribution in [-0.2, 0) is 56.7 Å². The molecular formula is C84H84O18S5. The average Bonchev–Trinajstić information content (AvgIpc) is 1.56. The van der Waals surface area contributed by atoms with Gasteiger partial charge < -0.3 is 18.9 Å². The summed E-state index contributed by atoms with van der Waals surface area (Å²) in [6, 6.07) is 59.9. The van der Waals surface area contributed by atoms with Crippen LogP contribution < -0.4 is 18.9 Å². The van der Waals surface area contributed by atoms with E-state index in [1.807, 2.05) is 166 Å². The van der Waals surface area contributed by atoms with Crippen LogP contribution in [0.2, 0.25) is 0 Å². The molecule has 1 atom stereocenters. The summed E-state index contributed by atoms with van der Waals surface area (Å²) in [5, 5.41) is 0. The molecule has 4 N–H and O–H groups in total. The highest BCUT2D eigenvalue weighted by Gasteiger charge is 2.53. The molecule has 0 saturated heterocycles. The third-order valence-corrected chi connectivity index (χ3v) is 25.1. The zero-order chi connectivity index (χ0) is 77.5. The fourth-order valence-corrected chi connectivity index (χ4v) is 19.1. The highest BCUT2D eigenvalue weighted by Crippen LogP contribution is 2.57. The Morgan fingerprint density at radius 2 is 0.748 bits per heavy atom. The van der Waals surface area contributed by atoms with Crippen molar-refractivity contribution in [3.8, 4) is 45.6 Å². The number of carbonyl (C=O) groups is 2. The number of benzene rings is 10. The molecule has 0 aromatic heterocycles. The molecule has 558 valence electrons. The van der Waals surface area contributed by atoms with Gasteiger partial charge in [0.05, 0.1) is 15.2 Å². The molecule has 1 aliphatic rings. The third-order valence-electron chi connectivity index (χ3n) is 20.6. The van der Waals surface area contributed by atoms with E-state index in [1.54, 1.807) is 36.4 Å². The minimum atomic E-state index is -5.12. The van der Waals surface area contributed by atoms with E-state index >= 15 is 0 Å². The first kappa shape index (κ1) is 78.8. The van der Waals surface area contributed by atoms with Crippen LogP contribution in [0.15, 0.2) is 248 Å². The van der Waals surface area contributed by atoms with Crippen LogP contribution in [0.4, 0.5) is 0 Å². The molecule has 0 radical (unpaired) electrons. The van der Waals surface area contributed by atoms with E-state index in [-0.39, 0.29) is 69.3 Å². The Kier molecular flexibility index (Phi) is 22.4. The van der Waals surface area contributed by atoms with E-state index < -0.39 is 93.5 Å². The third kappa shape index (κ3) is 15.8. The molecule has 10 aromatic rings. The van der Waals surface area contributed by atoms with Crippen LogP contribution in [0.25, 0.3) is 11.1 Å². The number of ketones is 2. The highest BCUT2D eigenvalue weighted by atomic mass is 32.2. The molecule has 0 saturated carbocycles. The smallest absolute Gasteiger partial charge is 0.298 e. The number of ether oxygens (including phenoxy) is 4. The molecule has 23 heteroatoms. The van der Waals surface area contributed by atoms with Crippen LogP contribution in [0, 0.1) is 0 Å². The van der Waals surface area contributed by atoms with E-state index in [0.29, 0.717) is 43.4 Å². The zero-order valence-electron chi connectivity index (χ0n) is 60.8. The maximum atomic E-state index is 14.5. The van der Waals surface area contributed by atoms with Crippen LogP contribution in [0.5, 0.6) is 34.5 Å². The van der Waals surface area contributed by atoms with Gasteiger partial charge in [-0.3, -0.25) is 27.8 Å². The number of carbonyl (C=O) groups excluding carboxylic acids is 2. The van der Waals surface area contributed by atoms with Gasteiger partial charge in [-0.1, -0.05) is 164 Å². The Morgan fingerprint density at radius 1 is 0.393 bits per heavy atom. The molecule has 0 amide bonds. The summed E-state index contributed by atoms with van der Waals surface area (Å²) in [6.07, 6.45) is 3.08. The van der Waals surface area contributed by atoms with Gasteiger partial charge in [-0.2, -0.15) is 33.7 Å². The number of fused-ring (bicyclic) bond motifs is 3. The fraction of sp³-hybridized carbons (Fsp3) is 0.262. The summed E-state index contributed by atoms with van der Waals surface area (Å²) in [6.45, 7) is 19.3. The lowest BCUT2D eigenvalue weighted by atomic mass is 9.61. The summed E-state index contributed by atoms with van der Waals surface area (Å²) in [7, 11) is -20.0. The van der Waals surface area contributed by atoms with Gasteiger partial charge in [0.25, 0.3) is 40.5 Å². The monoisotopic (exact) mass is 1540 g/mol. The lowest BCUT2D eigenvalue weighted by Gasteiger charge is -2.50. The van der Waals surface area contributed by atoms with E-state index in [2.05, 4.69) is 12.1 Å². The van der Waals surface area contributed by atoms with Crippen molar-refractivity contribution >= 4 is 63.8 Å². The van der Waals surface area contributed by atoms with Gasteiger partial charge in [-0.15, -0.1) is 0 Å². The summed E-state index contributed by atoms with van der Waals surface area (Å²) in [5.74, 6) is -0.673.